The first-order chi connectivity index (χ1) is 8.99. The summed E-state index contributed by atoms with van der Waals surface area (Å²) in [5, 5.41) is 6.31. The van der Waals surface area contributed by atoms with Crippen molar-refractivity contribution < 1.29 is 8.42 Å². The van der Waals surface area contributed by atoms with Gasteiger partial charge in [0, 0.05) is 12.2 Å². The summed E-state index contributed by atoms with van der Waals surface area (Å²) in [6.07, 6.45) is 1.91. The van der Waals surface area contributed by atoms with Gasteiger partial charge in [-0.15, -0.1) is 12.4 Å². The van der Waals surface area contributed by atoms with E-state index in [-0.39, 0.29) is 17.3 Å². The fraction of sp³-hybridized carbons (Fsp3) is 0.250. The van der Waals surface area contributed by atoms with Crippen LogP contribution in [-0.4, -0.2) is 25.2 Å². The molecule has 6 nitrogen and oxygen atoms in total. The molecule has 0 saturated carbocycles. The van der Waals surface area contributed by atoms with Gasteiger partial charge in [-0.1, -0.05) is 12.1 Å². The molecule has 2 rings (SSSR count). The molecule has 8 heteroatoms. The quantitative estimate of drug-likeness (QED) is 0.722. The molecule has 4 N–H and O–H groups in total. The number of halogens is 1. The van der Waals surface area contributed by atoms with Crippen LogP contribution in [0.3, 0.4) is 0 Å². The van der Waals surface area contributed by atoms with Crippen molar-refractivity contribution in [1.29, 1.82) is 0 Å². The van der Waals surface area contributed by atoms with E-state index in [1.165, 1.54) is 6.20 Å². The monoisotopic (exact) mass is 316 g/mol. The number of H-pyrrole nitrogens is 1. The molecule has 20 heavy (non-hydrogen) atoms. The lowest BCUT2D eigenvalue weighted by Crippen LogP contribution is -2.26. The van der Waals surface area contributed by atoms with Crippen LogP contribution >= 0.6 is 12.4 Å². The Morgan fingerprint density at radius 3 is 2.50 bits per heavy atom. The summed E-state index contributed by atoms with van der Waals surface area (Å²) in [5.74, 6) is 0. The van der Waals surface area contributed by atoms with Gasteiger partial charge in [0.15, 0.2) is 0 Å². The summed E-state index contributed by atoms with van der Waals surface area (Å²) in [5.41, 5.74) is 7.83. The Morgan fingerprint density at radius 1 is 1.30 bits per heavy atom. The lowest BCUT2D eigenvalue weighted by molar-refractivity contribution is 0.581. The van der Waals surface area contributed by atoms with E-state index >= 15 is 0 Å². The van der Waals surface area contributed by atoms with Crippen molar-refractivity contribution in [3.05, 3.63) is 41.7 Å². The number of rotatable bonds is 5. The molecule has 0 unspecified atom stereocenters. The average Bonchev–Trinajstić information content (AvgIpc) is 2.79. The van der Waals surface area contributed by atoms with Gasteiger partial charge in [0.2, 0.25) is 10.0 Å². The van der Waals surface area contributed by atoms with E-state index in [2.05, 4.69) is 14.9 Å². The van der Waals surface area contributed by atoms with E-state index < -0.39 is 10.0 Å². The van der Waals surface area contributed by atoms with E-state index in [1.54, 1.807) is 19.1 Å². The highest BCUT2D eigenvalue weighted by atomic mass is 35.5. The highest BCUT2D eigenvalue weighted by molar-refractivity contribution is 7.89. The van der Waals surface area contributed by atoms with Crippen molar-refractivity contribution in [1.82, 2.24) is 14.9 Å². The Bertz CT molecular complexity index is 652. The van der Waals surface area contributed by atoms with E-state index in [0.717, 1.165) is 5.56 Å². The number of nitrogens with zero attached hydrogens (tertiary/aromatic N) is 1. The van der Waals surface area contributed by atoms with Crippen molar-refractivity contribution in [2.24, 2.45) is 0 Å². The van der Waals surface area contributed by atoms with Crippen molar-refractivity contribution in [2.45, 2.75) is 18.2 Å². The van der Waals surface area contributed by atoms with Crippen LogP contribution in [0.5, 0.6) is 0 Å². The number of anilines is 1. The number of hydrogen-bond acceptors (Lipinski definition) is 4. The predicted molar refractivity (Wildman–Crippen MR) is 80.3 cm³/mol. The van der Waals surface area contributed by atoms with Crippen LogP contribution in [0, 0.1) is 6.92 Å². The molecule has 0 aliphatic heterocycles. The van der Waals surface area contributed by atoms with E-state index in [1.807, 2.05) is 12.1 Å². The van der Waals surface area contributed by atoms with Gasteiger partial charge in [0.05, 0.1) is 11.9 Å². The number of aromatic amines is 1. The van der Waals surface area contributed by atoms with Crippen LogP contribution in [0.25, 0.3) is 0 Å². The molecule has 0 saturated heterocycles. The fourth-order valence-corrected chi connectivity index (χ4v) is 2.87. The van der Waals surface area contributed by atoms with Crippen molar-refractivity contribution in [3.63, 3.8) is 0 Å². The third kappa shape index (κ3) is 3.96. The van der Waals surface area contributed by atoms with E-state index in [4.69, 9.17) is 5.73 Å². The molecular weight excluding hydrogens is 300 g/mol. The topological polar surface area (TPSA) is 101 Å². The van der Waals surface area contributed by atoms with Crippen LogP contribution < -0.4 is 10.5 Å². The Kier molecular flexibility index (Phi) is 5.55. The highest BCUT2D eigenvalue weighted by Crippen LogP contribution is 2.11. The summed E-state index contributed by atoms with van der Waals surface area (Å²) in [6.45, 7) is 2.00. The van der Waals surface area contributed by atoms with Gasteiger partial charge < -0.3 is 5.73 Å². The van der Waals surface area contributed by atoms with E-state index in [0.29, 0.717) is 24.3 Å². The normalized spacial score (nSPS) is 11.1. The molecule has 1 heterocycles. The molecule has 0 radical (unpaired) electrons. The number of aromatic nitrogens is 2. The first kappa shape index (κ1) is 16.5. The van der Waals surface area contributed by atoms with Crippen LogP contribution in [0.15, 0.2) is 35.4 Å². The SMILES string of the molecule is Cc1[nH]ncc1S(=O)(=O)NCCc1ccc(N)cc1.Cl. The average molecular weight is 317 g/mol. The number of nitrogens with two attached hydrogens (primary N) is 1. The third-order valence-corrected chi connectivity index (χ3v) is 4.33. The summed E-state index contributed by atoms with van der Waals surface area (Å²) >= 11 is 0. The molecule has 2 aromatic rings. The predicted octanol–water partition coefficient (Wildman–Crippen LogP) is 1.24. The summed E-state index contributed by atoms with van der Waals surface area (Å²) in [4.78, 5) is 0.185. The van der Waals surface area contributed by atoms with Crippen LogP contribution in [0.2, 0.25) is 0 Å². The minimum Gasteiger partial charge on any atom is -0.399 e. The zero-order chi connectivity index (χ0) is 13.9. The molecule has 0 aliphatic rings. The maximum Gasteiger partial charge on any atom is 0.243 e. The first-order valence-corrected chi connectivity index (χ1v) is 7.31. The standard InChI is InChI=1S/C12H16N4O2S.ClH/c1-9-12(8-14-16-9)19(17,18)15-7-6-10-2-4-11(13)5-3-10;/h2-5,8,15H,6-7,13H2,1H3,(H,14,16);1H. The second-order valence-corrected chi connectivity index (χ2v) is 5.98. The zero-order valence-electron chi connectivity index (χ0n) is 11.0. The van der Waals surface area contributed by atoms with Gasteiger partial charge in [-0.3, -0.25) is 5.10 Å². The highest BCUT2D eigenvalue weighted by Gasteiger charge is 2.17. The smallest absolute Gasteiger partial charge is 0.243 e. The molecule has 110 valence electrons. The van der Waals surface area contributed by atoms with Crippen molar-refractivity contribution >= 4 is 28.1 Å². The van der Waals surface area contributed by atoms with Gasteiger partial charge in [-0.05, 0) is 31.0 Å². The second-order valence-electron chi connectivity index (χ2n) is 4.25. The molecule has 0 amide bonds. The largest absolute Gasteiger partial charge is 0.399 e. The Morgan fingerprint density at radius 2 is 1.95 bits per heavy atom. The Labute approximate surface area is 124 Å². The fourth-order valence-electron chi connectivity index (χ4n) is 1.70. The molecular formula is C12H17ClN4O2S. The van der Waals surface area contributed by atoms with Crippen molar-refractivity contribution in [3.8, 4) is 0 Å². The third-order valence-electron chi connectivity index (χ3n) is 2.76. The molecule has 0 aliphatic carbocycles. The minimum absolute atomic E-state index is 0. The van der Waals surface area contributed by atoms with Gasteiger partial charge in [-0.2, -0.15) is 5.10 Å². The van der Waals surface area contributed by atoms with Crippen molar-refractivity contribution in [2.75, 3.05) is 12.3 Å². The lowest BCUT2D eigenvalue weighted by atomic mass is 10.1. The van der Waals surface area contributed by atoms with Crippen LogP contribution in [-0.2, 0) is 16.4 Å². The lowest BCUT2D eigenvalue weighted by Gasteiger charge is -2.06. The van der Waals surface area contributed by atoms with Gasteiger partial charge >= 0.3 is 0 Å². The second kappa shape index (κ2) is 6.74. The number of hydrogen-bond donors (Lipinski definition) is 3. The maximum atomic E-state index is 12.0. The zero-order valence-corrected chi connectivity index (χ0v) is 12.6. The summed E-state index contributed by atoms with van der Waals surface area (Å²) in [7, 11) is -3.49. The molecule has 1 aromatic heterocycles. The number of sulfonamides is 1. The molecule has 1 aromatic carbocycles. The van der Waals surface area contributed by atoms with E-state index in [9.17, 15) is 8.42 Å². The summed E-state index contributed by atoms with van der Waals surface area (Å²) < 4.78 is 26.5. The molecule has 0 spiro atoms. The number of aryl methyl sites for hydroxylation is 1. The molecule has 0 atom stereocenters. The molecule has 0 bridgehead atoms. The number of nitrogen functional groups attached to an aromatic ring is 1. The Balaban J connectivity index is 0.00000200. The minimum atomic E-state index is -3.49. The van der Waals surface area contributed by atoms with Gasteiger partial charge in [0.25, 0.3) is 0 Å². The first-order valence-electron chi connectivity index (χ1n) is 5.83. The van der Waals surface area contributed by atoms with Gasteiger partial charge in [-0.25, -0.2) is 13.1 Å². The molecule has 0 fully saturated rings. The van der Waals surface area contributed by atoms with Crippen LogP contribution in [0.1, 0.15) is 11.3 Å². The maximum absolute atomic E-state index is 12.0. The van der Waals surface area contributed by atoms with Gasteiger partial charge in [0.1, 0.15) is 4.90 Å². The Hall–Kier alpha value is -1.57. The number of nitrogens with one attached hydrogen (secondary N) is 2. The summed E-state index contributed by atoms with van der Waals surface area (Å²) in [6, 6.07) is 7.35. The number of benzene rings is 1. The van der Waals surface area contributed by atoms with Crippen LogP contribution in [0.4, 0.5) is 5.69 Å².